The zero-order chi connectivity index (χ0) is 9.43. The first-order valence-electron chi connectivity index (χ1n) is 5.40. The Bertz CT molecular complexity index is 309. The fourth-order valence-electron chi connectivity index (χ4n) is 2.63. The molecule has 2 aliphatic heterocycles. The van der Waals surface area contributed by atoms with Gasteiger partial charge in [0.1, 0.15) is 0 Å². The molecule has 2 saturated heterocycles. The van der Waals surface area contributed by atoms with Crippen molar-refractivity contribution in [2.24, 2.45) is 5.92 Å². The van der Waals surface area contributed by atoms with Gasteiger partial charge in [-0.25, -0.2) is 0 Å². The van der Waals surface area contributed by atoms with Gasteiger partial charge in [-0.15, -0.1) is 0 Å². The van der Waals surface area contributed by atoms with Crippen LogP contribution in [-0.4, -0.2) is 12.2 Å². The van der Waals surface area contributed by atoms with Gasteiger partial charge in [-0.2, -0.15) is 0 Å². The second kappa shape index (κ2) is 3.07. The van der Waals surface area contributed by atoms with Gasteiger partial charge in [-0.1, -0.05) is 30.3 Å². The summed E-state index contributed by atoms with van der Waals surface area (Å²) in [5.41, 5.74) is 1.67. The average molecular weight is 188 g/mol. The van der Waals surface area contributed by atoms with Gasteiger partial charge in [-0.05, 0) is 30.9 Å². The normalized spacial score (nSPS) is 34.1. The first kappa shape index (κ1) is 8.45. The molecular formula is C12H16N2. The molecule has 0 unspecified atom stereocenters. The number of nitrogens with one attached hydrogen (secondary N) is 2. The lowest BCUT2D eigenvalue weighted by molar-refractivity contribution is 0.173. The minimum absolute atomic E-state index is 0.292. The topological polar surface area (TPSA) is 24.1 Å². The highest BCUT2D eigenvalue weighted by Crippen LogP contribution is 2.41. The molecule has 3 aliphatic rings. The van der Waals surface area contributed by atoms with E-state index < -0.39 is 0 Å². The lowest BCUT2D eigenvalue weighted by Crippen LogP contribution is -2.55. The van der Waals surface area contributed by atoms with Gasteiger partial charge in [-0.3, -0.25) is 10.6 Å². The molecule has 2 heterocycles. The Morgan fingerprint density at radius 1 is 1.29 bits per heavy atom. The smallest absolute Gasteiger partial charge is 0.0696 e. The molecule has 1 aromatic carbocycles. The van der Waals surface area contributed by atoms with Crippen LogP contribution in [0.25, 0.3) is 0 Å². The van der Waals surface area contributed by atoms with Crippen molar-refractivity contribution >= 4 is 0 Å². The summed E-state index contributed by atoms with van der Waals surface area (Å²) >= 11 is 0. The van der Waals surface area contributed by atoms with E-state index in [0.717, 1.165) is 12.5 Å². The zero-order valence-electron chi connectivity index (χ0n) is 8.29. The fraction of sp³-hybridized carbons (Fsp3) is 0.500. The minimum Gasteiger partial charge on any atom is -0.299 e. The van der Waals surface area contributed by atoms with E-state index in [1.807, 2.05) is 0 Å². The van der Waals surface area contributed by atoms with Crippen LogP contribution in [0.2, 0.25) is 0 Å². The van der Waals surface area contributed by atoms with E-state index in [4.69, 9.17) is 0 Å². The van der Waals surface area contributed by atoms with E-state index >= 15 is 0 Å². The lowest BCUT2D eigenvalue weighted by Gasteiger charge is -2.38. The SMILES string of the molecule is c1ccc(CNC23CC(CN2)C3)cc1. The summed E-state index contributed by atoms with van der Waals surface area (Å²) in [5, 5.41) is 7.20. The van der Waals surface area contributed by atoms with Crippen LogP contribution in [-0.2, 0) is 6.54 Å². The minimum atomic E-state index is 0.292. The second-order valence-corrected chi connectivity index (χ2v) is 4.58. The first-order valence-corrected chi connectivity index (χ1v) is 5.40. The third kappa shape index (κ3) is 1.35. The van der Waals surface area contributed by atoms with Crippen LogP contribution in [0.5, 0.6) is 0 Å². The van der Waals surface area contributed by atoms with Crippen molar-refractivity contribution in [1.82, 2.24) is 10.6 Å². The van der Waals surface area contributed by atoms with Gasteiger partial charge >= 0.3 is 0 Å². The maximum atomic E-state index is 3.63. The molecule has 0 spiro atoms. The molecule has 2 nitrogen and oxygen atoms in total. The molecule has 1 aromatic rings. The zero-order valence-corrected chi connectivity index (χ0v) is 8.29. The fourth-order valence-corrected chi connectivity index (χ4v) is 2.63. The van der Waals surface area contributed by atoms with Crippen LogP contribution in [0.1, 0.15) is 18.4 Å². The standard InChI is InChI=1S/C12H16N2/c1-2-4-10(5-3-1)8-13-12-6-11(7-12)9-14-12/h1-5,11,13-14H,6-9H2. The summed E-state index contributed by atoms with van der Waals surface area (Å²) in [6.07, 6.45) is 2.64. The first-order chi connectivity index (χ1) is 6.86. The van der Waals surface area contributed by atoms with E-state index in [2.05, 4.69) is 41.0 Å². The van der Waals surface area contributed by atoms with E-state index in [9.17, 15) is 0 Å². The van der Waals surface area contributed by atoms with Gasteiger partial charge in [0.2, 0.25) is 0 Å². The number of fused-ring (bicyclic) bond motifs is 1. The second-order valence-electron chi connectivity index (χ2n) is 4.58. The van der Waals surface area contributed by atoms with Crippen molar-refractivity contribution in [3.63, 3.8) is 0 Å². The monoisotopic (exact) mass is 188 g/mol. The maximum Gasteiger partial charge on any atom is 0.0696 e. The summed E-state index contributed by atoms with van der Waals surface area (Å²) in [6, 6.07) is 10.6. The Kier molecular flexibility index (Phi) is 1.85. The van der Waals surface area contributed by atoms with Crippen LogP contribution in [0.15, 0.2) is 30.3 Å². The molecule has 74 valence electrons. The Hall–Kier alpha value is -0.860. The number of hydrogen-bond acceptors (Lipinski definition) is 2. The Balaban J connectivity index is 1.60. The number of rotatable bonds is 3. The summed E-state index contributed by atoms with van der Waals surface area (Å²) in [5.74, 6) is 0.943. The highest BCUT2D eigenvalue weighted by molar-refractivity contribution is 5.16. The van der Waals surface area contributed by atoms with Crippen LogP contribution in [0.3, 0.4) is 0 Å². The predicted octanol–water partition coefficient (Wildman–Crippen LogP) is 1.49. The Morgan fingerprint density at radius 2 is 2.07 bits per heavy atom. The predicted molar refractivity (Wildman–Crippen MR) is 56.7 cm³/mol. The van der Waals surface area contributed by atoms with Crippen molar-refractivity contribution in [3.05, 3.63) is 35.9 Å². The van der Waals surface area contributed by atoms with Crippen molar-refractivity contribution in [1.29, 1.82) is 0 Å². The van der Waals surface area contributed by atoms with Crippen molar-refractivity contribution in [2.75, 3.05) is 6.54 Å². The van der Waals surface area contributed by atoms with E-state index in [1.165, 1.54) is 24.9 Å². The van der Waals surface area contributed by atoms with Crippen molar-refractivity contribution in [2.45, 2.75) is 25.0 Å². The highest BCUT2D eigenvalue weighted by atomic mass is 15.2. The van der Waals surface area contributed by atoms with Crippen LogP contribution in [0.4, 0.5) is 0 Å². The van der Waals surface area contributed by atoms with Gasteiger partial charge < -0.3 is 0 Å². The van der Waals surface area contributed by atoms with Gasteiger partial charge in [0.15, 0.2) is 0 Å². The largest absolute Gasteiger partial charge is 0.299 e. The van der Waals surface area contributed by atoms with Crippen molar-refractivity contribution < 1.29 is 0 Å². The van der Waals surface area contributed by atoms with Crippen LogP contribution >= 0.6 is 0 Å². The molecule has 1 saturated carbocycles. The van der Waals surface area contributed by atoms with E-state index in [-0.39, 0.29) is 0 Å². The molecule has 2 heteroatoms. The van der Waals surface area contributed by atoms with Crippen LogP contribution in [0, 0.1) is 5.92 Å². The molecule has 14 heavy (non-hydrogen) atoms. The third-order valence-electron chi connectivity index (χ3n) is 3.48. The molecule has 0 atom stereocenters. The summed E-state index contributed by atoms with van der Waals surface area (Å²) in [6.45, 7) is 2.20. The Labute approximate surface area is 84.7 Å². The van der Waals surface area contributed by atoms with E-state index in [0.29, 0.717) is 5.66 Å². The molecule has 3 fully saturated rings. The van der Waals surface area contributed by atoms with Crippen LogP contribution < -0.4 is 10.6 Å². The molecule has 2 N–H and O–H groups in total. The van der Waals surface area contributed by atoms with Gasteiger partial charge in [0, 0.05) is 6.54 Å². The molecule has 0 aromatic heterocycles. The van der Waals surface area contributed by atoms with Crippen molar-refractivity contribution in [3.8, 4) is 0 Å². The summed E-state index contributed by atoms with van der Waals surface area (Å²) in [4.78, 5) is 0. The van der Waals surface area contributed by atoms with Gasteiger partial charge in [0.05, 0.1) is 5.66 Å². The molecule has 1 aliphatic carbocycles. The molecule has 4 rings (SSSR count). The average Bonchev–Trinajstić information content (AvgIpc) is 2.75. The Morgan fingerprint density at radius 3 is 2.71 bits per heavy atom. The summed E-state index contributed by atoms with van der Waals surface area (Å²) < 4.78 is 0. The summed E-state index contributed by atoms with van der Waals surface area (Å²) in [7, 11) is 0. The molecule has 0 radical (unpaired) electrons. The quantitative estimate of drug-likeness (QED) is 0.751. The number of hydrogen-bond donors (Lipinski definition) is 2. The lowest BCUT2D eigenvalue weighted by atomic mass is 9.80. The highest BCUT2D eigenvalue weighted by Gasteiger charge is 2.49. The molecular weight excluding hydrogens is 172 g/mol. The van der Waals surface area contributed by atoms with E-state index in [1.54, 1.807) is 0 Å². The van der Waals surface area contributed by atoms with Gasteiger partial charge in [0.25, 0.3) is 0 Å². The number of benzene rings is 1. The molecule has 0 amide bonds. The maximum absolute atomic E-state index is 3.63. The third-order valence-corrected chi connectivity index (χ3v) is 3.48. The molecule has 2 bridgehead atoms.